The van der Waals surface area contributed by atoms with Gasteiger partial charge in [-0.3, -0.25) is 0 Å². The fourth-order valence-corrected chi connectivity index (χ4v) is 4.65. The lowest BCUT2D eigenvalue weighted by Gasteiger charge is -2.34. The first-order chi connectivity index (χ1) is 13.5. The van der Waals surface area contributed by atoms with Crippen LogP contribution in [0, 0.1) is 11.5 Å². The van der Waals surface area contributed by atoms with Crippen molar-refractivity contribution in [2.75, 3.05) is 20.0 Å². The summed E-state index contributed by atoms with van der Waals surface area (Å²) in [4.78, 5) is 4.44. The standard InChI is InChI=1S/C19H17BrN4O3S/c1-25-13-7-10(6-12(20)18(13)26-2)11-5-9-3-4-14(28)27-17(9)15-16(11)24(8-21)19(22)23-15/h3,6-7,11,17H,4-5H2,1-2H3,(H2,22,23). The summed E-state index contributed by atoms with van der Waals surface area (Å²) in [5.74, 6) is 1.20. The molecule has 2 heterocycles. The molecule has 1 aliphatic heterocycles. The lowest BCUT2D eigenvalue weighted by Crippen LogP contribution is -2.25. The van der Waals surface area contributed by atoms with Crippen LogP contribution in [-0.2, 0) is 4.74 Å². The number of fused-ring (bicyclic) bond motifs is 3. The lowest BCUT2D eigenvalue weighted by atomic mass is 9.79. The maximum Gasteiger partial charge on any atom is 0.214 e. The molecule has 7 nitrogen and oxygen atoms in total. The second-order valence-electron chi connectivity index (χ2n) is 6.52. The number of nitriles is 1. The molecule has 4 rings (SSSR count). The van der Waals surface area contributed by atoms with Gasteiger partial charge in [0, 0.05) is 12.3 Å². The maximum absolute atomic E-state index is 9.67. The van der Waals surface area contributed by atoms with Crippen LogP contribution < -0.4 is 15.2 Å². The fourth-order valence-electron chi connectivity index (χ4n) is 3.85. The van der Waals surface area contributed by atoms with Gasteiger partial charge in [-0.2, -0.15) is 5.26 Å². The number of anilines is 1. The first-order valence-corrected chi connectivity index (χ1v) is 9.76. The molecule has 2 unspecified atom stereocenters. The summed E-state index contributed by atoms with van der Waals surface area (Å²) in [5, 5.41) is 10.2. The Labute approximate surface area is 175 Å². The molecule has 0 amide bonds. The highest BCUT2D eigenvalue weighted by Gasteiger charge is 2.40. The average molecular weight is 461 g/mol. The Hall–Kier alpha value is -2.57. The molecule has 0 spiro atoms. The van der Waals surface area contributed by atoms with Crippen molar-refractivity contribution in [3.63, 3.8) is 0 Å². The molecule has 0 saturated heterocycles. The Morgan fingerprint density at radius 3 is 2.86 bits per heavy atom. The van der Waals surface area contributed by atoms with Crippen molar-refractivity contribution in [3.8, 4) is 17.7 Å². The van der Waals surface area contributed by atoms with Crippen molar-refractivity contribution >= 4 is 39.1 Å². The molecule has 2 atom stereocenters. The van der Waals surface area contributed by atoms with E-state index in [1.165, 1.54) is 4.57 Å². The number of thiocarbonyl (C=S) groups is 1. The molecule has 9 heteroatoms. The van der Waals surface area contributed by atoms with Crippen LogP contribution in [0.25, 0.3) is 0 Å². The van der Waals surface area contributed by atoms with Crippen molar-refractivity contribution in [2.45, 2.75) is 24.9 Å². The molecule has 0 bridgehead atoms. The molecule has 1 aromatic carbocycles. The average Bonchev–Trinajstić information content (AvgIpc) is 3.03. The number of nitrogens with two attached hydrogens (primary N) is 1. The van der Waals surface area contributed by atoms with Gasteiger partial charge in [-0.1, -0.05) is 6.08 Å². The molecule has 28 heavy (non-hydrogen) atoms. The van der Waals surface area contributed by atoms with Crippen molar-refractivity contribution in [1.29, 1.82) is 5.26 Å². The third-order valence-corrected chi connectivity index (χ3v) is 5.91. The van der Waals surface area contributed by atoms with Gasteiger partial charge >= 0.3 is 0 Å². The van der Waals surface area contributed by atoms with E-state index < -0.39 is 6.10 Å². The van der Waals surface area contributed by atoms with Gasteiger partial charge in [0.1, 0.15) is 5.69 Å². The highest BCUT2D eigenvalue weighted by Crippen LogP contribution is 2.49. The number of hydrogen-bond donors (Lipinski definition) is 1. The monoisotopic (exact) mass is 460 g/mol. The molecule has 1 aliphatic carbocycles. The van der Waals surface area contributed by atoms with Gasteiger partial charge in [-0.05, 0) is 57.8 Å². The molecular formula is C19H17BrN4O3S. The topological polar surface area (TPSA) is 95.3 Å². The van der Waals surface area contributed by atoms with E-state index in [-0.39, 0.29) is 11.9 Å². The van der Waals surface area contributed by atoms with Gasteiger partial charge in [-0.15, -0.1) is 0 Å². The van der Waals surface area contributed by atoms with Crippen LogP contribution >= 0.6 is 28.1 Å². The highest BCUT2D eigenvalue weighted by molar-refractivity contribution is 9.10. The van der Waals surface area contributed by atoms with Gasteiger partial charge in [0.15, 0.2) is 28.8 Å². The number of benzene rings is 1. The smallest absolute Gasteiger partial charge is 0.214 e. The number of aromatic nitrogens is 2. The van der Waals surface area contributed by atoms with Crippen molar-refractivity contribution in [1.82, 2.24) is 9.55 Å². The zero-order valence-corrected chi connectivity index (χ0v) is 17.6. The van der Waals surface area contributed by atoms with Crippen molar-refractivity contribution < 1.29 is 14.2 Å². The molecule has 144 valence electrons. The highest BCUT2D eigenvalue weighted by atomic mass is 79.9. The summed E-state index contributed by atoms with van der Waals surface area (Å²) in [7, 11) is 3.18. The summed E-state index contributed by atoms with van der Waals surface area (Å²) in [6, 6.07) is 3.88. The van der Waals surface area contributed by atoms with Crippen LogP contribution in [0.4, 0.5) is 5.95 Å². The van der Waals surface area contributed by atoms with Gasteiger partial charge < -0.3 is 19.9 Å². The minimum absolute atomic E-state index is 0.137. The van der Waals surface area contributed by atoms with E-state index in [1.807, 2.05) is 12.1 Å². The van der Waals surface area contributed by atoms with Crippen LogP contribution in [0.2, 0.25) is 0 Å². The minimum atomic E-state index is -0.395. The van der Waals surface area contributed by atoms with E-state index in [9.17, 15) is 5.26 Å². The zero-order valence-electron chi connectivity index (χ0n) is 15.2. The lowest BCUT2D eigenvalue weighted by molar-refractivity contribution is 0.204. The molecule has 2 N–H and O–H groups in total. The van der Waals surface area contributed by atoms with Gasteiger partial charge in [0.25, 0.3) is 0 Å². The summed E-state index contributed by atoms with van der Waals surface area (Å²) in [5.41, 5.74) is 9.41. The first-order valence-electron chi connectivity index (χ1n) is 8.56. The Morgan fingerprint density at radius 2 is 2.18 bits per heavy atom. The maximum atomic E-state index is 9.67. The van der Waals surface area contributed by atoms with Crippen molar-refractivity contribution in [2.24, 2.45) is 0 Å². The third kappa shape index (κ3) is 2.84. The largest absolute Gasteiger partial charge is 0.493 e. The van der Waals surface area contributed by atoms with Crippen LogP contribution in [0.5, 0.6) is 11.5 Å². The number of nitrogen functional groups attached to an aromatic ring is 1. The van der Waals surface area contributed by atoms with E-state index in [1.54, 1.807) is 14.2 Å². The number of hydrogen-bond acceptors (Lipinski definition) is 7. The van der Waals surface area contributed by atoms with E-state index in [4.69, 9.17) is 32.2 Å². The van der Waals surface area contributed by atoms with Gasteiger partial charge in [-0.25, -0.2) is 9.55 Å². The normalized spacial score (nSPS) is 20.4. The molecule has 0 saturated carbocycles. The van der Waals surface area contributed by atoms with Crippen LogP contribution in [0.1, 0.15) is 41.8 Å². The number of halogens is 1. The predicted molar refractivity (Wildman–Crippen MR) is 110 cm³/mol. The quantitative estimate of drug-likeness (QED) is 0.549. The Kier molecular flexibility index (Phi) is 4.77. The molecule has 2 aliphatic rings. The van der Waals surface area contributed by atoms with Gasteiger partial charge in [0.05, 0.1) is 24.4 Å². The number of rotatable bonds is 3. The Bertz CT molecular complexity index is 1060. The van der Waals surface area contributed by atoms with Crippen LogP contribution in [0.15, 0.2) is 28.3 Å². The van der Waals surface area contributed by atoms with E-state index >= 15 is 0 Å². The second kappa shape index (κ2) is 7.11. The SMILES string of the molecule is COc1cc(C2CC3=CCC(=S)OC3c3nc(N)n(C#N)c32)cc(Br)c1OC. The van der Waals surface area contributed by atoms with Crippen LogP contribution in [0.3, 0.4) is 0 Å². The summed E-state index contributed by atoms with van der Waals surface area (Å²) in [6.07, 6.45) is 5.07. The second-order valence-corrected chi connectivity index (χ2v) is 7.83. The van der Waals surface area contributed by atoms with E-state index in [0.29, 0.717) is 40.8 Å². The zero-order chi connectivity index (χ0) is 20.0. The van der Waals surface area contributed by atoms with E-state index in [0.717, 1.165) is 15.6 Å². The number of imidazole rings is 1. The van der Waals surface area contributed by atoms with Crippen molar-refractivity contribution in [3.05, 3.63) is 45.2 Å². The number of nitrogens with zero attached hydrogens (tertiary/aromatic N) is 3. The Balaban J connectivity index is 1.92. The third-order valence-electron chi connectivity index (χ3n) is 5.06. The van der Waals surface area contributed by atoms with E-state index in [2.05, 4.69) is 33.2 Å². The van der Waals surface area contributed by atoms with Crippen LogP contribution in [-0.4, -0.2) is 28.8 Å². The molecular weight excluding hydrogens is 444 g/mol. The predicted octanol–water partition coefficient (Wildman–Crippen LogP) is 3.82. The number of methoxy groups -OCH3 is 2. The summed E-state index contributed by atoms with van der Waals surface area (Å²) in [6.45, 7) is 0. The first kappa shape index (κ1) is 18.8. The Morgan fingerprint density at radius 1 is 1.39 bits per heavy atom. The fraction of sp³-hybridized carbons (Fsp3) is 0.316. The molecule has 0 fully saturated rings. The summed E-state index contributed by atoms with van der Waals surface area (Å²) >= 11 is 8.79. The minimum Gasteiger partial charge on any atom is -0.493 e. The summed E-state index contributed by atoms with van der Waals surface area (Å²) < 4.78 is 18.9. The number of ether oxygens (including phenoxy) is 3. The van der Waals surface area contributed by atoms with Gasteiger partial charge in [0.2, 0.25) is 5.95 Å². The molecule has 0 radical (unpaired) electrons. The molecule has 1 aromatic heterocycles. The molecule has 2 aromatic rings.